The summed E-state index contributed by atoms with van der Waals surface area (Å²) in [5, 5.41) is 0. The normalized spacial score (nSPS) is 11.6. The fourth-order valence-electron chi connectivity index (χ4n) is 0.755. The topological polar surface area (TPSA) is 72.2 Å². The van der Waals surface area contributed by atoms with E-state index in [9.17, 15) is 12.8 Å². The van der Waals surface area contributed by atoms with Crippen molar-refractivity contribution in [2.45, 2.75) is 4.90 Å². The van der Waals surface area contributed by atoms with Gasteiger partial charge in [0.2, 0.25) is 0 Å². The molecule has 0 saturated heterocycles. The Morgan fingerprint density at radius 2 is 2.08 bits per heavy atom. The molecule has 3 N–H and O–H groups in total. The van der Waals surface area contributed by atoms with Gasteiger partial charge >= 0.3 is 0 Å². The Morgan fingerprint density at radius 3 is 2.62 bits per heavy atom. The Labute approximate surface area is 83.1 Å². The van der Waals surface area contributed by atoms with E-state index in [1.807, 2.05) is 0 Å². The number of sulfonamides is 1. The third-order valence-corrected chi connectivity index (χ3v) is 3.18. The Morgan fingerprint density at radius 1 is 1.46 bits per heavy atom. The molecule has 0 radical (unpaired) electrons. The van der Waals surface area contributed by atoms with Crippen molar-refractivity contribution < 1.29 is 12.8 Å². The van der Waals surface area contributed by atoms with Crippen molar-refractivity contribution in [1.29, 1.82) is 0 Å². The van der Waals surface area contributed by atoms with E-state index in [4.69, 9.17) is 5.84 Å². The fourth-order valence-corrected chi connectivity index (χ4v) is 1.98. The molecular weight excluding hydrogens is 263 g/mol. The lowest BCUT2D eigenvalue weighted by molar-refractivity contribution is 0.555. The van der Waals surface area contributed by atoms with Crippen LogP contribution in [0.15, 0.2) is 27.6 Å². The Hall–Kier alpha value is -0.500. The van der Waals surface area contributed by atoms with Gasteiger partial charge in [-0.3, -0.25) is 5.84 Å². The molecular formula is C6H6BrFN2O2S. The van der Waals surface area contributed by atoms with E-state index in [0.29, 0.717) is 0 Å². The lowest BCUT2D eigenvalue weighted by Crippen LogP contribution is -2.30. The number of hydrogen-bond acceptors (Lipinski definition) is 3. The van der Waals surface area contributed by atoms with Crippen LogP contribution in [0.4, 0.5) is 4.39 Å². The maximum absolute atomic E-state index is 13.2. The number of benzene rings is 1. The van der Waals surface area contributed by atoms with Gasteiger partial charge in [-0.25, -0.2) is 12.8 Å². The predicted molar refractivity (Wildman–Crippen MR) is 48.6 cm³/mol. The highest BCUT2D eigenvalue weighted by molar-refractivity contribution is 9.10. The van der Waals surface area contributed by atoms with E-state index in [0.717, 1.165) is 6.07 Å². The van der Waals surface area contributed by atoms with E-state index in [1.165, 1.54) is 17.0 Å². The summed E-state index contributed by atoms with van der Waals surface area (Å²) in [6.07, 6.45) is 0. The van der Waals surface area contributed by atoms with Gasteiger partial charge in [-0.05, 0) is 28.1 Å². The molecule has 0 saturated carbocycles. The number of hydrogen-bond donors (Lipinski definition) is 2. The largest absolute Gasteiger partial charge is 0.257 e. The third-order valence-electron chi connectivity index (χ3n) is 1.36. The SMILES string of the molecule is NNS(=O)(=O)c1cccc(Br)c1F. The highest BCUT2D eigenvalue weighted by Gasteiger charge is 2.18. The maximum atomic E-state index is 13.2. The summed E-state index contributed by atoms with van der Waals surface area (Å²) in [6, 6.07) is 3.91. The van der Waals surface area contributed by atoms with Crippen LogP contribution in [0.5, 0.6) is 0 Å². The van der Waals surface area contributed by atoms with Crippen LogP contribution < -0.4 is 10.7 Å². The van der Waals surface area contributed by atoms with Crippen molar-refractivity contribution in [1.82, 2.24) is 4.83 Å². The molecule has 0 spiro atoms. The zero-order valence-corrected chi connectivity index (χ0v) is 8.69. The minimum atomic E-state index is -3.93. The molecule has 1 aromatic carbocycles. The molecule has 0 heterocycles. The van der Waals surface area contributed by atoms with E-state index in [-0.39, 0.29) is 4.47 Å². The lowest BCUT2D eigenvalue weighted by Gasteiger charge is -2.03. The summed E-state index contributed by atoms with van der Waals surface area (Å²) in [7, 11) is -3.93. The van der Waals surface area contributed by atoms with Crippen molar-refractivity contribution in [3.63, 3.8) is 0 Å². The molecule has 7 heteroatoms. The van der Waals surface area contributed by atoms with Crippen LogP contribution in [0.2, 0.25) is 0 Å². The fraction of sp³-hybridized carbons (Fsp3) is 0. The van der Waals surface area contributed by atoms with Crippen LogP contribution in [0.3, 0.4) is 0 Å². The summed E-state index contributed by atoms with van der Waals surface area (Å²) in [5.41, 5.74) is 0. The van der Waals surface area contributed by atoms with Crippen LogP contribution in [-0.2, 0) is 10.0 Å². The summed E-state index contributed by atoms with van der Waals surface area (Å²) in [5.74, 6) is 3.88. The minimum Gasteiger partial charge on any atom is -0.257 e. The summed E-state index contributed by atoms with van der Waals surface area (Å²) < 4.78 is 35.4. The molecule has 0 amide bonds. The number of nitrogens with two attached hydrogens (primary N) is 1. The Kier molecular flexibility index (Phi) is 3.01. The summed E-state index contributed by atoms with van der Waals surface area (Å²) in [6.45, 7) is 0. The summed E-state index contributed by atoms with van der Waals surface area (Å²) in [4.78, 5) is 1.05. The van der Waals surface area contributed by atoms with Gasteiger partial charge in [0, 0.05) is 0 Å². The zero-order chi connectivity index (χ0) is 10.1. The van der Waals surface area contributed by atoms with Crippen LogP contribution in [0, 0.1) is 5.82 Å². The highest BCUT2D eigenvalue weighted by atomic mass is 79.9. The van der Waals surface area contributed by atoms with Gasteiger partial charge in [-0.1, -0.05) is 6.07 Å². The molecule has 0 aromatic heterocycles. The molecule has 4 nitrogen and oxygen atoms in total. The van der Waals surface area contributed by atoms with Crippen molar-refractivity contribution in [3.05, 3.63) is 28.5 Å². The van der Waals surface area contributed by atoms with Crippen molar-refractivity contribution >= 4 is 26.0 Å². The molecule has 72 valence electrons. The van der Waals surface area contributed by atoms with E-state index in [2.05, 4.69) is 15.9 Å². The first-order chi connectivity index (χ1) is 5.99. The van der Waals surface area contributed by atoms with Gasteiger partial charge < -0.3 is 0 Å². The second-order valence-electron chi connectivity index (χ2n) is 2.17. The first-order valence-corrected chi connectivity index (χ1v) is 5.43. The second-order valence-corrected chi connectivity index (χ2v) is 4.71. The van der Waals surface area contributed by atoms with Crippen molar-refractivity contribution in [2.24, 2.45) is 5.84 Å². The van der Waals surface area contributed by atoms with Gasteiger partial charge in [-0.2, -0.15) is 0 Å². The van der Waals surface area contributed by atoms with Gasteiger partial charge in [0.25, 0.3) is 10.0 Å². The van der Waals surface area contributed by atoms with Crippen LogP contribution in [0.1, 0.15) is 0 Å². The molecule has 0 aliphatic heterocycles. The van der Waals surface area contributed by atoms with Crippen molar-refractivity contribution in [2.75, 3.05) is 0 Å². The smallest absolute Gasteiger partial charge is 0.256 e. The van der Waals surface area contributed by atoms with Gasteiger partial charge in [0.15, 0.2) is 5.82 Å². The van der Waals surface area contributed by atoms with Crippen molar-refractivity contribution in [3.8, 4) is 0 Å². The van der Waals surface area contributed by atoms with Gasteiger partial charge in [0.05, 0.1) is 4.47 Å². The van der Waals surface area contributed by atoms with E-state index < -0.39 is 20.7 Å². The first kappa shape index (κ1) is 10.6. The molecule has 0 fully saturated rings. The molecule has 0 unspecified atom stereocenters. The predicted octanol–water partition coefficient (Wildman–Crippen LogP) is 0.740. The zero-order valence-electron chi connectivity index (χ0n) is 6.29. The third kappa shape index (κ3) is 2.05. The monoisotopic (exact) mass is 268 g/mol. The second kappa shape index (κ2) is 3.70. The molecule has 0 bridgehead atoms. The van der Waals surface area contributed by atoms with E-state index in [1.54, 1.807) is 0 Å². The summed E-state index contributed by atoms with van der Waals surface area (Å²) >= 11 is 2.86. The standard InChI is InChI=1S/C6H6BrFN2O2S/c7-4-2-1-3-5(6(4)8)13(11,12)10-9/h1-3,10H,9H2. The molecule has 0 aliphatic carbocycles. The van der Waals surface area contributed by atoms with Gasteiger partial charge in [-0.15, -0.1) is 4.83 Å². The molecule has 1 rings (SSSR count). The number of hydrazine groups is 1. The van der Waals surface area contributed by atoms with Crippen LogP contribution >= 0.6 is 15.9 Å². The first-order valence-electron chi connectivity index (χ1n) is 3.15. The van der Waals surface area contributed by atoms with E-state index >= 15 is 0 Å². The highest BCUT2D eigenvalue weighted by Crippen LogP contribution is 2.21. The molecule has 0 atom stereocenters. The van der Waals surface area contributed by atoms with Gasteiger partial charge in [0.1, 0.15) is 4.90 Å². The lowest BCUT2D eigenvalue weighted by atomic mass is 10.3. The molecule has 1 aromatic rings. The Bertz CT molecular complexity index is 421. The number of rotatable bonds is 2. The Balaban J connectivity index is 3.40. The molecule has 0 aliphatic rings. The minimum absolute atomic E-state index is 0.0730. The quantitative estimate of drug-likeness (QED) is 0.614. The molecule has 13 heavy (non-hydrogen) atoms. The van der Waals surface area contributed by atoms with Crippen LogP contribution in [0.25, 0.3) is 0 Å². The number of halogens is 2. The number of nitrogens with one attached hydrogen (secondary N) is 1. The average molecular weight is 269 g/mol. The maximum Gasteiger partial charge on any atom is 0.256 e. The average Bonchev–Trinajstić information content (AvgIpc) is 2.09. The van der Waals surface area contributed by atoms with Crippen LogP contribution in [-0.4, -0.2) is 8.42 Å².